The van der Waals surface area contributed by atoms with Gasteiger partial charge in [-0.05, 0) is 48.2 Å². The summed E-state index contributed by atoms with van der Waals surface area (Å²) in [7, 11) is 0. The van der Waals surface area contributed by atoms with Crippen LogP contribution in [-0.2, 0) is 22.4 Å². The van der Waals surface area contributed by atoms with Gasteiger partial charge in [-0.3, -0.25) is 9.59 Å². The molecule has 0 radical (unpaired) electrons. The van der Waals surface area contributed by atoms with E-state index in [0.717, 1.165) is 17.7 Å². The topological polar surface area (TPSA) is 49.4 Å². The number of benzene rings is 2. The molecule has 1 aliphatic heterocycles. The SMILES string of the molecule is CCc1ccc(NC(=O)[C@@H]2CC(=O)N(CCc3ccc(F)cc3)C2)cc1. The van der Waals surface area contributed by atoms with Crippen LogP contribution in [0.25, 0.3) is 0 Å². The van der Waals surface area contributed by atoms with E-state index in [1.54, 1.807) is 17.0 Å². The van der Waals surface area contributed by atoms with E-state index in [9.17, 15) is 14.0 Å². The molecule has 2 aromatic carbocycles. The van der Waals surface area contributed by atoms with Gasteiger partial charge in [0, 0.05) is 25.2 Å². The molecule has 5 heteroatoms. The van der Waals surface area contributed by atoms with E-state index < -0.39 is 0 Å². The van der Waals surface area contributed by atoms with Gasteiger partial charge in [-0.1, -0.05) is 31.2 Å². The summed E-state index contributed by atoms with van der Waals surface area (Å²) in [5, 5.41) is 2.90. The highest BCUT2D eigenvalue weighted by molar-refractivity contribution is 5.97. The third-order valence-corrected chi connectivity index (χ3v) is 4.80. The molecule has 0 saturated carbocycles. The average molecular weight is 354 g/mol. The number of hydrogen-bond donors (Lipinski definition) is 1. The van der Waals surface area contributed by atoms with E-state index >= 15 is 0 Å². The molecule has 1 heterocycles. The Morgan fingerprint density at radius 1 is 1.12 bits per heavy atom. The fourth-order valence-electron chi connectivity index (χ4n) is 3.15. The number of halogens is 1. The van der Waals surface area contributed by atoms with Crippen LogP contribution in [0.1, 0.15) is 24.5 Å². The zero-order chi connectivity index (χ0) is 18.5. The number of anilines is 1. The first kappa shape index (κ1) is 18.1. The molecule has 4 nitrogen and oxygen atoms in total. The predicted octanol–water partition coefficient (Wildman–Crippen LogP) is 3.42. The minimum absolute atomic E-state index is 0.00593. The van der Waals surface area contributed by atoms with Crippen LogP contribution in [0.5, 0.6) is 0 Å². The number of carbonyl (C=O) groups excluding carboxylic acids is 2. The molecule has 0 unspecified atom stereocenters. The molecule has 1 atom stereocenters. The zero-order valence-corrected chi connectivity index (χ0v) is 14.9. The number of carbonyl (C=O) groups is 2. The standard InChI is InChI=1S/C21H23FN2O2/c1-2-15-5-9-19(10-6-15)23-21(26)17-13-20(25)24(14-17)12-11-16-3-7-18(22)8-4-16/h3-10,17H,2,11-14H2,1H3,(H,23,26)/t17-/m1/s1. The van der Waals surface area contributed by atoms with Crippen LogP contribution in [0.15, 0.2) is 48.5 Å². The molecular weight excluding hydrogens is 331 g/mol. The predicted molar refractivity (Wildman–Crippen MR) is 99.2 cm³/mol. The first-order valence-corrected chi connectivity index (χ1v) is 8.97. The highest BCUT2D eigenvalue weighted by Gasteiger charge is 2.33. The van der Waals surface area contributed by atoms with E-state index in [4.69, 9.17) is 0 Å². The van der Waals surface area contributed by atoms with Crippen molar-refractivity contribution in [3.63, 3.8) is 0 Å². The minimum Gasteiger partial charge on any atom is -0.342 e. The Hall–Kier alpha value is -2.69. The lowest BCUT2D eigenvalue weighted by atomic mass is 10.1. The monoisotopic (exact) mass is 354 g/mol. The Kier molecular flexibility index (Phi) is 5.66. The number of amides is 2. The van der Waals surface area contributed by atoms with E-state index in [2.05, 4.69) is 12.2 Å². The number of aryl methyl sites for hydroxylation is 1. The first-order chi connectivity index (χ1) is 12.5. The summed E-state index contributed by atoms with van der Waals surface area (Å²) in [6.07, 6.45) is 1.84. The number of nitrogens with one attached hydrogen (secondary N) is 1. The first-order valence-electron chi connectivity index (χ1n) is 8.97. The second kappa shape index (κ2) is 8.13. The minimum atomic E-state index is -0.332. The molecular formula is C21H23FN2O2. The zero-order valence-electron chi connectivity index (χ0n) is 14.9. The molecule has 2 aromatic rings. The highest BCUT2D eigenvalue weighted by Crippen LogP contribution is 2.21. The summed E-state index contributed by atoms with van der Waals surface area (Å²) in [5.74, 6) is -0.725. The second-order valence-electron chi connectivity index (χ2n) is 6.66. The number of nitrogens with zero attached hydrogens (tertiary/aromatic N) is 1. The third-order valence-electron chi connectivity index (χ3n) is 4.80. The molecule has 3 rings (SSSR count). The average Bonchev–Trinajstić information content (AvgIpc) is 3.03. The Labute approximate surface area is 153 Å². The van der Waals surface area contributed by atoms with Crippen molar-refractivity contribution in [2.45, 2.75) is 26.2 Å². The molecule has 136 valence electrons. The van der Waals surface area contributed by atoms with Crippen molar-refractivity contribution in [2.24, 2.45) is 5.92 Å². The summed E-state index contributed by atoms with van der Waals surface area (Å²) < 4.78 is 12.9. The van der Waals surface area contributed by atoms with Gasteiger partial charge in [0.05, 0.1) is 5.92 Å². The second-order valence-corrected chi connectivity index (χ2v) is 6.66. The molecule has 1 aliphatic rings. The van der Waals surface area contributed by atoms with Gasteiger partial charge in [-0.25, -0.2) is 4.39 Å². The normalized spacial score (nSPS) is 16.8. The van der Waals surface area contributed by atoms with Crippen molar-refractivity contribution >= 4 is 17.5 Å². The smallest absolute Gasteiger partial charge is 0.229 e. The highest BCUT2D eigenvalue weighted by atomic mass is 19.1. The van der Waals surface area contributed by atoms with Crippen molar-refractivity contribution in [2.75, 3.05) is 18.4 Å². The van der Waals surface area contributed by atoms with E-state index in [1.165, 1.54) is 17.7 Å². The van der Waals surface area contributed by atoms with E-state index in [-0.39, 0.29) is 30.0 Å². The van der Waals surface area contributed by atoms with Gasteiger partial charge in [0.2, 0.25) is 11.8 Å². The van der Waals surface area contributed by atoms with Crippen LogP contribution in [0.2, 0.25) is 0 Å². The van der Waals surface area contributed by atoms with Crippen molar-refractivity contribution in [1.82, 2.24) is 4.90 Å². The lowest BCUT2D eigenvalue weighted by Crippen LogP contribution is -2.30. The number of hydrogen-bond acceptors (Lipinski definition) is 2. The van der Waals surface area contributed by atoms with Gasteiger partial charge in [0.25, 0.3) is 0 Å². The lowest BCUT2D eigenvalue weighted by Gasteiger charge is -2.16. The van der Waals surface area contributed by atoms with Crippen LogP contribution in [-0.4, -0.2) is 29.8 Å². The van der Waals surface area contributed by atoms with Crippen LogP contribution < -0.4 is 5.32 Å². The third kappa shape index (κ3) is 4.48. The van der Waals surface area contributed by atoms with Gasteiger partial charge >= 0.3 is 0 Å². The van der Waals surface area contributed by atoms with Crippen molar-refractivity contribution in [3.05, 3.63) is 65.5 Å². The maximum Gasteiger partial charge on any atom is 0.229 e. The van der Waals surface area contributed by atoms with Gasteiger partial charge < -0.3 is 10.2 Å². The molecule has 0 bridgehead atoms. The Morgan fingerprint density at radius 3 is 2.42 bits per heavy atom. The van der Waals surface area contributed by atoms with Gasteiger partial charge in [0.1, 0.15) is 5.82 Å². The molecule has 2 amide bonds. The Bertz CT molecular complexity index is 772. The van der Waals surface area contributed by atoms with Gasteiger partial charge in [-0.15, -0.1) is 0 Å². The summed E-state index contributed by atoms with van der Waals surface area (Å²) in [5.41, 5.74) is 2.94. The molecule has 1 fully saturated rings. The fraction of sp³-hybridized carbons (Fsp3) is 0.333. The molecule has 1 saturated heterocycles. The van der Waals surface area contributed by atoms with Crippen LogP contribution in [0, 0.1) is 11.7 Å². The van der Waals surface area contributed by atoms with E-state index in [1.807, 2.05) is 24.3 Å². The summed E-state index contributed by atoms with van der Waals surface area (Å²) in [6.45, 7) is 3.05. The van der Waals surface area contributed by atoms with Crippen LogP contribution in [0.4, 0.5) is 10.1 Å². The largest absolute Gasteiger partial charge is 0.342 e. The van der Waals surface area contributed by atoms with Gasteiger partial charge in [0.15, 0.2) is 0 Å². The van der Waals surface area contributed by atoms with E-state index in [0.29, 0.717) is 19.5 Å². The van der Waals surface area contributed by atoms with Crippen molar-refractivity contribution in [1.29, 1.82) is 0 Å². The Balaban J connectivity index is 1.52. The summed E-state index contributed by atoms with van der Waals surface area (Å²) in [6, 6.07) is 14.0. The number of rotatable bonds is 6. The quantitative estimate of drug-likeness (QED) is 0.864. The molecule has 0 aromatic heterocycles. The van der Waals surface area contributed by atoms with Crippen LogP contribution >= 0.6 is 0 Å². The van der Waals surface area contributed by atoms with Gasteiger partial charge in [-0.2, -0.15) is 0 Å². The van der Waals surface area contributed by atoms with Crippen LogP contribution in [0.3, 0.4) is 0 Å². The molecule has 0 aliphatic carbocycles. The van der Waals surface area contributed by atoms with Crippen molar-refractivity contribution in [3.8, 4) is 0 Å². The molecule has 1 N–H and O–H groups in total. The maximum atomic E-state index is 12.9. The maximum absolute atomic E-state index is 12.9. The molecule has 26 heavy (non-hydrogen) atoms. The number of likely N-dealkylation sites (tertiary alicyclic amines) is 1. The van der Waals surface area contributed by atoms with Crippen molar-refractivity contribution < 1.29 is 14.0 Å². The summed E-state index contributed by atoms with van der Waals surface area (Å²) >= 11 is 0. The fourth-order valence-corrected chi connectivity index (χ4v) is 3.15. The Morgan fingerprint density at radius 2 is 1.77 bits per heavy atom. The molecule has 0 spiro atoms. The lowest BCUT2D eigenvalue weighted by molar-refractivity contribution is -0.128. The summed E-state index contributed by atoms with van der Waals surface area (Å²) in [4.78, 5) is 26.3.